The van der Waals surface area contributed by atoms with Gasteiger partial charge in [0.05, 0.1) is 0 Å². The molecule has 0 fully saturated rings. The lowest BCUT2D eigenvalue weighted by atomic mass is 10.1. The molecule has 0 aliphatic heterocycles. The van der Waals surface area contributed by atoms with E-state index in [1.165, 1.54) is 17.4 Å². The number of carboxylic acid groups (broad SMARTS) is 1. The summed E-state index contributed by atoms with van der Waals surface area (Å²) in [4.78, 5) is 24.0. The van der Waals surface area contributed by atoms with Crippen LogP contribution in [0.3, 0.4) is 0 Å². The van der Waals surface area contributed by atoms with Crippen LogP contribution >= 0.6 is 11.3 Å². The molecule has 1 amide bonds. The molecule has 0 saturated carbocycles. The van der Waals surface area contributed by atoms with E-state index in [1.807, 2.05) is 47.8 Å². The molecular formula is C16H15NO3S. The van der Waals surface area contributed by atoms with Gasteiger partial charge in [0.25, 0.3) is 0 Å². The molecule has 21 heavy (non-hydrogen) atoms. The fourth-order valence-electron chi connectivity index (χ4n) is 1.81. The Balaban J connectivity index is 1.96. The van der Waals surface area contributed by atoms with E-state index in [2.05, 4.69) is 5.32 Å². The van der Waals surface area contributed by atoms with E-state index in [1.54, 1.807) is 6.08 Å². The third kappa shape index (κ3) is 4.89. The zero-order chi connectivity index (χ0) is 15.1. The average molecular weight is 301 g/mol. The Morgan fingerprint density at radius 3 is 2.57 bits per heavy atom. The SMILES string of the molecule is O=C(/C=C/c1cccs1)N[C@@H](Cc1ccccc1)C(=O)O. The van der Waals surface area contributed by atoms with Gasteiger partial charge in [-0.15, -0.1) is 11.3 Å². The minimum absolute atomic E-state index is 0.259. The summed E-state index contributed by atoms with van der Waals surface area (Å²) in [6, 6.07) is 12.0. The molecule has 1 heterocycles. The van der Waals surface area contributed by atoms with Crippen molar-refractivity contribution < 1.29 is 14.7 Å². The Morgan fingerprint density at radius 2 is 1.95 bits per heavy atom. The van der Waals surface area contributed by atoms with Crippen molar-refractivity contribution in [1.82, 2.24) is 5.32 Å². The van der Waals surface area contributed by atoms with Gasteiger partial charge in [0, 0.05) is 17.4 Å². The van der Waals surface area contributed by atoms with E-state index in [-0.39, 0.29) is 6.42 Å². The van der Waals surface area contributed by atoms with Crippen molar-refractivity contribution in [2.75, 3.05) is 0 Å². The van der Waals surface area contributed by atoms with Crippen LogP contribution in [-0.4, -0.2) is 23.0 Å². The minimum atomic E-state index is -1.04. The van der Waals surface area contributed by atoms with Crippen molar-refractivity contribution in [2.45, 2.75) is 12.5 Å². The Kier molecular flexibility index (Phi) is 5.29. The second-order valence-corrected chi connectivity index (χ2v) is 5.42. The van der Waals surface area contributed by atoms with Crippen LogP contribution in [-0.2, 0) is 16.0 Å². The first-order valence-corrected chi connectivity index (χ1v) is 7.32. The van der Waals surface area contributed by atoms with E-state index in [4.69, 9.17) is 0 Å². The molecule has 108 valence electrons. The minimum Gasteiger partial charge on any atom is -0.480 e. The van der Waals surface area contributed by atoms with E-state index < -0.39 is 17.9 Å². The van der Waals surface area contributed by atoms with Crippen LogP contribution in [0.1, 0.15) is 10.4 Å². The summed E-state index contributed by atoms with van der Waals surface area (Å²) < 4.78 is 0. The van der Waals surface area contributed by atoms with Crippen LogP contribution in [0.25, 0.3) is 6.08 Å². The quantitative estimate of drug-likeness (QED) is 0.806. The molecule has 0 aliphatic carbocycles. The number of benzene rings is 1. The molecule has 0 saturated heterocycles. The van der Waals surface area contributed by atoms with Gasteiger partial charge in [-0.3, -0.25) is 4.79 Å². The zero-order valence-electron chi connectivity index (χ0n) is 11.2. The predicted octanol–water partition coefficient (Wildman–Crippen LogP) is 2.57. The fourth-order valence-corrected chi connectivity index (χ4v) is 2.43. The largest absolute Gasteiger partial charge is 0.480 e. The van der Waals surface area contributed by atoms with Gasteiger partial charge in [-0.05, 0) is 23.1 Å². The van der Waals surface area contributed by atoms with Crippen molar-refractivity contribution >= 4 is 29.3 Å². The van der Waals surface area contributed by atoms with Gasteiger partial charge in [0.15, 0.2) is 0 Å². The molecule has 5 heteroatoms. The maximum Gasteiger partial charge on any atom is 0.326 e. The summed E-state index contributed by atoms with van der Waals surface area (Å²) in [5.74, 6) is -1.46. The van der Waals surface area contributed by atoms with Crippen molar-refractivity contribution in [3.05, 3.63) is 64.4 Å². The number of rotatable bonds is 6. The van der Waals surface area contributed by atoms with Gasteiger partial charge in [0.2, 0.25) is 5.91 Å². The third-order valence-electron chi connectivity index (χ3n) is 2.84. The van der Waals surface area contributed by atoms with Crippen molar-refractivity contribution in [3.8, 4) is 0 Å². The highest BCUT2D eigenvalue weighted by atomic mass is 32.1. The molecule has 0 radical (unpaired) electrons. The summed E-state index contributed by atoms with van der Waals surface area (Å²) in [6.45, 7) is 0. The van der Waals surface area contributed by atoms with Gasteiger partial charge in [-0.2, -0.15) is 0 Å². The third-order valence-corrected chi connectivity index (χ3v) is 3.68. The maximum absolute atomic E-state index is 11.8. The topological polar surface area (TPSA) is 66.4 Å². The highest BCUT2D eigenvalue weighted by Gasteiger charge is 2.19. The normalized spacial score (nSPS) is 12.2. The van der Waals surface area contributed by atoms with Gasteiger partial charge >= 0.3 is 5.97 Å². The summed E-state index contributed by atoms with van der Waals surface area (Å²) in [5, 5.41) is 13.6. The molecule has 0 aliphatic rings. The molecule has 2 N–H and O–H groups in total. The van der Waals surface area contributed by atoms with E-state index >= 15 is 0 Å². The van der Waals surface area contributed by atoms with Crippen LogP contribution in [0.4, 0.5) is 0 Å². The number of aliphatic carboxylic acids is 1. The highest BCUT2D eigenvalue weighted by molar-refractivity contribution is 7.10. The molecule has 4 nitrogen and oxygen atoms in total. The van der Waals surface area contributed by atoms with E-state index in [0.717, 1.165) is 10.4 Å². The lowest BCUT2D eigenvalue weighted by molar-refractivity contribution is -0.141. The van der Waals surface area contributed by atoms with E-state index in [9.17, 15) is 14.7 Å². The molecule has 0 unspecified atom stereocenters. The van der Waals surface area contributed by atoms with Crippen LogP contribution in [0, 0.1) is 0 Å². The van der Waals surface area contributed by atoms with Gasteiger partial charge < -0.3 is 10.4 Å². The number of amides is 1. The van der Waals surface area contributed by atoms with Crippen molar-refractivity contribution in [3.63, 3.8) is 0 Å². The first-order valence-electron chi connectivity index (χ1n) is 6.44. The van der Waals surface area contributed by atoms with Crippen LogP contribution < -0.4 is 5.32 Å². The number of carbonyl (C=O) groups excluding carboxylic acids is 1. The number of hydrogen-bond acceptors (Lipinski definition) is 3. The number of hydrogen-bond donors (Lipinski definition) is 2. The second kappa shape index (κ2) is 7.40. The standard InChI is InChI=1S/C16H15NO3S/c18-15(9-8-13-7-4-10-21-13)17-14(16(19)20)11-12-5-2-1-3-6-12/h1-10,14H,11H2,(H,17,18)(H,19,20)/b9-8+/t14-/m0/s1. The molecule has 0 bridgehead atoms. The van der Waals surface area contributed by atoms with Gasteiger partial charge in [0.1, 0.15) is 6.04 Å². The number of thiophene rings is 1. The van der Waals surface area contributed by atoms with Crippen molar-refractivity contribution in [2.24, 2.45) is 0 Å². The number of nitrogens with one attached hydrogen (secondary N) is 1. The van der Waals surface area contributed by atoms with Crippen LogP contribution in [0.5, 0.6) is 0 Å². The smallest absolute Gasteiger partial charge is 0.326 e. The van der Waals surface area contributed by atoms with Gasteiger partial charge in [-0.25, -0.2) is 4.79 Å². The molecule has 1 atom stereocenters. The molecule has 2 rings (SSSR count). The first-order chi connectivity index (χ1) is 10.1. The van der Waals surface area contributed by atoms with Gasteiger partial charge in [-0.1, -0.05) is 36.4 Å². The maximum atomic E-state index is 11.8. The average Bonchev–Trinajstić information content (AvgIpc) is 2.99. The number of carboxylic acids is 1. The molecule has 0 spiro atoms. The van der Waals surface area contributed by atoms with Crippen LogP contribution in [0.2, 0.25) is 0 Å². The summed E-state index contributed by atoms with van der Waals surface area (Å²) in [5.41, 5.74) is 0.868. The Bertz CT molecular complexity index is 620. The summed E-state index contributed by atoms with van der Waals surface area (Å²) >= 11 is 1.51. The Morgan fingerprint density at radius 1 is 1.19 bits per heavy atom. The molecular weight excluding hydrogens is 286 g/mol. The number of carbonyl (C=O) groups is 2. The van der Waals surface area contributed by atoms with Crippen LogP contribution in [0.15, 0.2) is 53.9 Å². The highest BCUT2D eigenvalue weighted by Crippen LogP contribution is 2.10. The summed E-state index contributed by atoms with van der Waals surface area (Å²) in [7, 11) is 0. The monoisotopic (exact) mass is 301 g/mol. The summed E-state index contributed by atoms with van der Waals surface area (Å²) in [6.07, 6.45) is 3.28. The fraction of sp³-hybridized carbons (Fsp3) is 0.125. The molecule has 2 aromatic rings. The second-order valence-electron chi connectivity index (χ2n) is 4.44. The predicted molar refractivity (Wildman–Crippen MR) is 83.1 cm³/mol. The molecule has 1 aromatic heterocycles. The zero-order valence-corrected chi connectivity index (χ0v) is 12.0. The Labute approximate surface area is 126 Å². The molecule has 1 aromatic carbocycles. The lowest BCUT2D eigenvalue weighted by Crippen LogP contribution is -2.41. The first kappa shape index (κ1) is 15.0. The van der Waals surface area contributed by atoms with Crippen molar-refractivity contribution in [1.29, 1.82) is 0 Å². The Hall–Kier alpha value is -2.40. The lowest BCUT2D eigenvalue weighted by Gasteiger charge is -2.13. The van der Waals surface area contributed by atoms with E-state index in [0.29, 0.717) is 0 Å².